The molecule has 4 rings (SSSR count). The molecule has 22 heavy (non-hydrogen) atoms. The number of fused-ring (bicyclic) bond motifs is 2. The number of ether oxygens (including phenoxy) is 2. The molecule has 0 spiro atoms. The number of aromatic nitrogens is 1. The number of amides is 2. The van der Waals surface area contributed by atoms with Gasteiger partial charge < -0.3 is 9.47 Å². The number of hydrogen-bond donors (Lipinski definition) is 2. The van der Waals surface area contributed by atoms with E-state index in [1.165, 1.54) is 22.7 Å². The lowest BCUT2D eigenvalue weighted by Crippen LogP contribution is -2.18. The highest BCUT2D eigenvalue weighted by atomic mass is 32.1. The molecule has 0 atom stereocenters. The zero-order chi connectivity index (χ0) is 14.9. The Hall–Kier alpha value is -2.32. The number of thiazole rings is 1. The Kier molecular flexibility index (Phi) is 3.32. The van der Waals surface area contributed by atoms with Crippen LogP contribution in [0, 0.1) is 0 Å². The van der Waals surface area contributed by atoms with Crippen LogP contribution in [0.25, 0.3) is 10.2 Å². The highest BCUT2D eigenvalue weighted by Gasteiger charge is 2.16. The first-order valence-electron chi connectivity index (χ1n) is 6.60. The van der Waals surface area contributed by atoms with E-state index < -0.39 is 0 Å². The van der Waals surface area contributed by atoms with E-state index in [2.05, 4.69) is 15.6 Å². The summed E-state index contributed by atoms with van der Waals surface area (Å²) in [5.41, 5.74) is 0.778. The van der Waals surface area contributed by atoms with Crippen LogP contribution in [0.2, 0.25) is 0 Å². The summed E-state index contributed by atoms with van der Waals surface area (Å²) in [6.07, 6.45) is 0. The molecule has 3 aromatic rings. The zero-order valence-corrected chi connectivity index (χ0v) is 12.9. The third-order valence-electron chi connectivity index (χ3n) is 3.03. The second kappa shape index (κ2) is 5.47. The van der Waals surface area contributed by atoms with E-state index in [-0.39, 0.29) is 6.03 Å². The highest BCUT2D eigenvalue weighted by molar-refractivity contribution is 7.22. The molecule has 2 amide bonds. The summed E-state index contributed by atoms with van der Waals surface area (Å²) in [5.74, 6) is 1.41. The Bertz CT molecular complexity index is 786. The van der Waals surface area contributed by atoms with Crippen LogP contribution in [-0.2, 0) is 0 Å². The van der Waals surface area contributed by atoms with E-state index in [0.29, 0.717) is 24.1 Å². The molecule has 112 valence electrons. The molecule has 0 fully saturated rings. The summed E-state index contributed by atoms with van der Waals surface area (Å²) in [7, 11) is 0. The Morgan fingerprint density at radius 3 is 2.77 bits per heavy atom. The number of benzene rings is 1. The van der Waals surface area contributed by atoms with E-state index >= 15 is 0 Å². The smallest absolute Gasteiger partial charge is 0.326 e. The lowest BCUT2D eigenvalue weighted by atomic mass is 10.3. The molecule has 1 aliphatic heterocycles. The molecule has 8 heteroatoms. The lowest BCUT2D eigenvalue weighted by Gasteiger charge is -2.17. The first kappa shape index (κ1) is 13.4. The Morgan fingerprint density at radius 2 is 2.00 bits per heavy atom. The third kappa shape index (κ3) is 2.58. The molecular formula is C14H11N3O3S2. The number of urea groups is 1. The van der Waals surface area contributed by atoms with Gasteiger partial charge in [0.25, 0.3) is 0 Å². The molecule has 6 nitrogen and oxygen atoms in total. The molecule has 2 N–H and O–H groups in total. The number of rotatable bonds is 2. The van der Waals surface area contributed by atoms with Gasteiger partial charge in [0.1, 0.15) is 13.2 Å². The fourth-order valence-electron chi connectivity index (χ4n) is 2.11. The van der Waals surface area contributed by atoms with Crippen molar-refractivity contribution in [3.63, 3.8) is 0 Å². The summed E-state index contributed by atoms with van der Waals surface area (Å²) in [6, 6.07) is 7.14. The normalized spacial score (nSPS) is 13.1. The minimum Gasteiger partial charge on any atom is -0.486 e. The molecule has 0 unspecified atom stereocenters. The van der Waals surface area contributed by atoms with Crippen LogP contribution < -0.4 is 20.1 Å². The topological polar surface area (TPSA) is 72.5 Å². The monoisotopic (exact) mass is 333 g/mol. The fraction of sp³-hybridized carbons (Fsp3) is 0.143. The van der Waals surface area contributed by atoms with Crippen LogP contribution in [0.4, 0.5) is 14.9 Å². The minimum absolute atomic E-state index is 0.307. The van der Waals surface area contributed by atoms with Gasteiger partial charge in [-0.15, -0.1) is 11.3 Å². The minimum atomic E-state index is -0.307. The van der Waals surface area contributed by atoms with Crippen molar-refractivity contribution in [2.24, 2.45) is 0 Å². The van der Waals surface area contributed by atoms with Gasteiger partial charge in [-0.25, -0.2) is 9.78 Å². The summed E-state index contributed by atoms with van der Waals surface area (Å²) in [4.78, 5) is 16.3. The van der Waals surface area contributed by atoms with Gasteiger partial charge in [0.2, 0.25) is 0 Å². The number of carbonyl (C=O) groups excluding carboxylic acids is 1. The predicted octanol–water partition coefficient (Wildman–Crippen LogP) is 3.77. The third-order valence-corrected chi connectivity index (χ3v) is 4.75. The molecule has 0 radical (unpaired) electrons. The van der Waals surface area contributed by atoms with E-state index in [9.17, 15) is 4.79 Å². The quantitative estimate of drug-likeness (QED) is 0.749. The van der Waals surface area contributed by atoms with Crippen LogP contribution in [0.3, 0.4) is 0 Å². The van der Waals surface area contributed by atoms with E-state index in [4.69, 9.17) is 9.47 Å². The standard InChI is InChI=1S/C14H11N3O3S2/c18-13(16-12-2-1-5-21-12)17-14-15-8-6-9-10(7-11(8)22-14)20-4-3-19-9/h1-2,5-7H,3-4H2,(H2,15,16,17,18). The second-order valence-corrected chi connectivity index (χ2v) is 6.52. The Balaban J connectivity index is 1.56. The van der Waals surface area contributed by atoms with Gasteiger partial charge in [-0.05, 0) is 17.5 Å². The predicted molar refractivity (Wildman–Crippen MR) is 87.6 cm³/mol. The first-order valence-corrected chi connectivity index (χ1v) is 8.29. The number of thiophene rings is 1. The summed E-state index contributed by atoms with van der Waals surface area (Å²) < 4.78 is 12.0. The highest BCUT2D eigenvalue weighted by Crippen LogP contribution is 2.37. The SMILES string of the molecule is O=C(Nc1cccs1)Nc1nc2cc3c(cc2s1)OCCO3. The molecule has 3 heterocycles. The van der Waals surface area contributed by atoms with Gasteiger partial charge in [-0.1, -0.05) is 11.3 Å². The molecule has 0 saturated heterocycles. The van der Waals surface area contributed by atoms with Crippen molar-refractivity contribution in [2.45, 2.75) is 0 Å². The van der Waals surface area contributed by atoms with Gasteiger partial charge in [0.15, 0.2) is 16.6 Å². The second-order valence-electron chi connectivity index (χ2n) is 4.54. The number of carbonyl (C=O) groups is 1. The van der Waals surface area contributed by atoms with Crippen LogP contribution >= 0.6 is 22.7 Å². The molecular weight excluding hydrogens is 322 g/mol. The zero-order valence-electron chi connectivity index (χ0n) is 11.3. The van der Waals surface area contributed by atoms with E-state index in [0.717, 1.165) is 21.0 Å². The molecule has 2 aromatic heterocycles. The summed E-state index contributed by atoms with van der Waals surface area (Å²) in [5, 5.41) is 8.72. The summed E-state index contributed by atoms with van der Waals surface area (Å²) >= 11 is 2.86. The maximum absolute atomic E-state index is 11.9. The number of hydrogen-bond acceptors (Lipinski definition) is 6. The average Bonchev–Trinajstić information content (AvgIpc) is 3.13. The van der Waals surface area contributed by atoms with Gasteiger partial charge in [0, 0.05) is 12.1 Å². The van der Waals surface area contributed by atoms with E-state index in [1.807, 2.05) is 29.6 Å². The van der Waals surface area contributed by atoms with Crippen molar-refractivity contribution in [1.29, 1.82) is 0 Å². The summed E-state index contributed by atoms with van der Waals surface area (Å²) in [6.45, 7) is 1.09. The van der Waals surface area contributed by atoms with Crippen LogP contribution in [0.5, 0.6) is 11.5 Å². The average molecular weight is 333 g/mol. The largest absolute Gasteiger partial charge is 0.486 e. The molecule has 0 bridgehead atoms. The Morgan fingerprint density at radius 1 is 1.18 bits per heavy atom. The molecule has 0 saturated carbocycles. The van der Waals surface area contributed by atoms with Gasteiger partial charge in [-0.2, -0.15) is 0 Å². The molecule has 0 aliphatic carbocycles. The Labute approximate surface area is 133 Å². The van der Waals surface area contributed by atoms with Crippen LogP contribution in [0.1, 0.15) is 0 Å². The number of anilines is 2. The van der Waals surface area contributed by atoms with Crippen LogP contribution in [0.15, 0.2) is 29.6 Å². The van der Waals surface area contributed by atoms with Crippen molar-refractivity contribution in [3.05, 3.63) is 29.6 Å². The number of nitrogens with zero attached hydrogens (tertiary/aromatic N) is 1. The maximum Gasteiger partial charge on any atom is 0.326 e. The van der Waals surface area contributed by atoms with Crippen molar-refractivity contribution < 1.29 is 14.3 Å². The number of nitrogens with one attached hydrogen (secondary N) is 2. The van der Waals surface area contributed by atoms with Gasteiger partial charge >= 0.3 is 6.03 Å². The van der Waals surface area contributed by atoms with Crippen LogP contribution in [-0.4, -0.2) is 24.2 Å². The lowest BCUT2D eigenvalue weighted by molar-refractivity contribution is 0.172. The van der Waals surface area contributed by atoms with Gasteiger partial charge in [-0.3, -0.25) is 10.6 Å². The van der Waals surface area contributed by atoms with Crippen molar-refractivity contribution >= 4 is 49.1 Å². The van der Waals surface area contributed by atoms with Crippen molar-refractivity contribution in [3.8, 4) is 11.5 Å². The van der Waals surface area contributed by atoms with Crippen molar-refractivity contribution in [2.75, 3.05) is 23.8 Å². The maximum atomic E-state index is 11.9. The fourth-order valence-corrected chi connectivity index (χ4v) is 3.59. The molecule has 1 aromatic carbocycles. The van der Waals surface area contributed by atoms with Gasteiger partial charge in [0.05, 0.1) is 15.2 Å². The molecule has 1 aliphatic rings. The first-order chi connectivity index (χ1) is 10.8. The van der Waals surface area contributed by atoms with E-state index in [1.54, 1.807) is 0 Å². The van der Waals surface area contributed by atoms with Crippen molar-refractivity contribution in [1.82, 2.24) is 4.98 Å².